The van der Waals surface area contributed by atoms with E-state index in [4.69, 9.17) is 11.6 Å². The van der Waals surface area contributed by atoms with E-state index in [9.17, 15) is 9.18 Å². The summed E-state index contributed by atoms with van der Waals surface area (Å²) in [5, 5.41) is 8.83. The minimum absolute atomic E-state index is 0.0130. The topological polar surface area (TPSA) is 78.9 Å². The molecule has 1 heterocycles. The Labute approximate surface area is 154 Å². The summed E-state index contributed by atoms with van der Waals surface area (Å²) in [5.74, 6) is 0.243. The smallest absolute Gasteiger partial charge is 0.229 e. The zero-order chi connectivity index (χ0) is 18.5. The first-order chi connectivity index (χ1) is 12.5. The van der Waals surface area contributed by atoms with Crippen molar-refractivity contribution >= 4 is 46.3 Å². The minimum Gasteiger partial charge on any atom is -0.340 e. The number of amides is 1. The molecule has 0 unspecified atom stereocenters. The van der Waals surface area contributed by atoms with Gasteiger partial charge in [-0.3, -0.25) is 4.79 Å². The van der Waals surface area contributed by atoms with Crippen molar-refractivity contribution in [2.45, 2.75) is 6.92 Å². The van der Waals surface area contributed by atoms with Crippen molar-refractivity contribution < 1.29 is 9.18 Å². The fraction of sp³-hybridized carbons (Fsp3) is 0.0556. The van der Waals surface area contributed by atoms with Crippen LogP contribution in [0.5, 0.6) is 0 Å². The van der Waals surface area contributed by atoms with E-state index in [1.54, 1.807) is 30.5 Å². The van der Waals surface area contributed by atoms with Gasteiger partial charge in [-0.25, -0.2) is 9.37 Å². The van der Waals surface area contributed by atoms with Crippen LogP contribution in [0, 0.1) is 5.82 Å². The number of halogens is 2. The van der Waals surface area contributed by atoms with Gasteiger partial charge in [0.25, 0.3) is 0 Å². The van der Waals surface area contributed by atoms with Crippen LogP contribution in [0.2, 0.25) is 5.02 Å². The number of rotatable bonds is 5. The number of anilines is 5. The molecule has 6 nitrogen and oxygen atoms in total. The van der Waals surface area contributed by atoms with Crippen LogP contribution in [-0.2, 0) is 4.79 Å². The number of nitrogens with zero attached hydrogens (tertiary/aromatic N) is 2. The van der Waals surface area contributed by atoms with Crippen LogP contribution >= 0.6 is 11.6 Å². The lowest BCUT2D eigenvalue weighted by Crippen LogP contribution is -2.06. The van der Waals surface area contributed by atoms with Crippen LogP contribution in [0.15, 0.2) is 54.7 Å². The second-order valence-electron chi connectivity index (χ2n) is 5.41. The van der Waals surface area contributed by atoms with Crippen LogP contribution in [0.4, 0.5) is 33.2 Å². The molecule has 0 fully saturated rings. The Balaban J connectivity index is 1.75. The Hall–Kier alpha value is -3.19. The predicted molar refractivity (Wildman–Crippen MR) is 101 cm³/mol. The normalized spacial score (nSPS) is 10.3. The lowest BCUT2D eigenvalue weighted by atomic mass is 10.2. The molecular weight excluding hydrogens is 357 g/mol. The molecule has 0 saturated heterocycles. The van der Waals surface area contributed by atoms with Crippen LogP contribution in [0.25, 0.3) is 0 Å². The molecule has 2 aromatic carbocycles. The van der Waals surface area contributed by atoms with Crippen molar-refractivity contribution in [1.82, 2.24) is 9.97 Å². The summed E-state index contributed by atoms with van der Waals surface area (Å²) in [4.78, 5) is 19.6. The van der Waals surface area contributed by atoms with Crippen molar-refractivity contribution in [3.8, 4) is 0 Å². The van der Waals surface area contributed by atoms with E-state index >= 15 is 0 Å². The molecule has 1 amide bonds. The van der Waals surface area contributed by atoms with Gasteiger partial charge in [-0.05, 0) is 42.5 Å². The quantitative estimate of drug-likeness (QED) is 0.605. The molecule has 8 heteroatoms. The third-order valence-corrected chi connectivity index (χ3v) is 3.58. The van der Waals surface area contributed by atoms with E-state index in [1.807, 2.05) is 12.1 Å². The fourth-order valence-electron chi connectivity index (χ4n) is 2.22. The maximum absolute atomic E-state index is 13.2. The minimum atomic E-state index is -0.493. The summed E-state index contributed by atoms with van der Waals surface area (Å²) in [7, 11) is 0. The molecule has 26 heavy (non-hydrogen) atoms. The second kappa shape index (κ2) is 7.79. The number of nitrogens with one attached hydrogen (secondary N) is 3. The molecule has 0 atom stereocenters. The molecule has 0 aliphatic heterocycles. The molecule has 0 saturated carbocycles. The van der Waals surface area contributed by atoms with E-state index in [-0.39, 0.29) is 10.9 Å². The maximum atomic E-state index is 13.2. The number of carbonyl (C=O) groups is 1. The molecule has 3 aromatic rings. The van der Waals surface area contributed by atoms with E-state index in [0.717, 1.165) is 5.69 Å². The summed E-state index contributed by atoms with van der Waals surface area (Å²) in [6, 6.07) is 13.2. The van der Waals surface area contributed by atoms with Crippen LogP contribution in [-0.4, -0.2) is 15.9 Å². The molecule has 132 valence electrons. The molecule has 0 spiro atoms. The highest BCUT2D eigenvalue weighted by atomic mass is 35.5. The lowest BCUT2D eigenvalue weighted by Gasteiger charge is -2.10. The number of hydrogen-bond donors (Lipinski definition) is 3. The van der Waals surface area contributed by atoms with Gasteiger partial charge in [-0.15, -0.1) is 0 Å². The fourth-order valence-corrected chi connectivity index (χ4v) is 2.40. The Morgan fingerprint density at radius 2 is 1.81 bits per heavy atom. The van der Waals surface area contributed by atoms with Gasteiger partial charge in [0.05, 0.1) is 5.02 Å². The molecular formula is C18H15ClFN5O. The van der Waals surface area contributed by atoms with Crippen molar-refractivity contribution in [2.24, 2.45) is 0 Å². The maximum Gasteiger partial charge on any atom is 0.229 e. The van der Waals surface area contributed by atoms with Crippen LogP contribution < -0.4 is 16.0 Å². The Bertz CT molecular complexity index is 950. The second-order valence-corrected chi connectivity index (χ2v) is 5.81. The Morgan fingerprint density at radius 3 is 2.58 bits per heavy atom. The van der Waals surface area contributed by atoms with Gasteiger partial charge in [0.2, 0.25) is 11.9 Å². The van der Waals surface area contributed by atoms with Crippen molar-refractivity contribution in [3.63, 3.8) is 0 Å². The average molecular weight is 372 g/mol. The molecule has 3 rings (SSSR count). The molecule has 0 aliphatic carbocycles. The summed E-state index contributed by atoms with van der Waals surface area (Å²) in [6.45, 7) is 1.45. The Morgan fingerprint density at radius 1 is 1.04 bits per heavy atom. The Kier molecular flexibility index (Phi) is 5.28. The third kappa shape index (κ3) is 4.67. The molecule has 0 bridgehead atoms. The van der Waals surface area contributed by atoms with Crippen molar-refractivity contribution in [1.29, 1.82) is 0 Å². The van der Waals surface area contributed by atoms with Crippen LogP contribution in [0.3, 0.4) is 0 Å². The third-order valence-electron chi connectivity index (χ3n) is 3.29. The van der Waals surface area contributed by atoms with Gasteiger partial charge < -0.3 is 16.0 Å². The number of hydrogen-bond acceptors (Lipinski definition) is 5. The van der Waals surface area contributed by atoms with Gasteiger partial charge in [0.15, 0.2) is 0 Å². The van der Waals surface area contributed by atoms with Gasteiger partial charge in [-0.1, -0.05) is 17.7 Å². The van der Waals surface area contributed by atoms with E-state index < -0.39 is 5.82 Å². The zero-order valence-electron chi connectivity index (χ0n) is 13.8. The molecule has 0 aliphatic rings. The standard InChI is InChI=1S/C18H15ClFN5O/c1-11(26)22-12-3-2-4-13(9-12)23-17-7-8-21-18(25-17)24-14-5-6-16(20)15(19)10-14/h2-10H,1H3,(H,22,26)(H2,21,23,24,25). The highest BCUT2D eigenvalue weighted by Gasteiger charge is 2.05. The van der Waals surface area contributed by atoms with Gasteiger partial charge in [-0.2, -0.15) is 4.98 Å². The van der Waals surface area contributed by atoms with E-state index in [1.165, 1.54) is 19.1 Å². The van der Waals surface area contributed by atoms with Gasteiger partial charge >= 0.3 is 0 Å². The monoisotopic (exact) mass is 371 g/mol. The molecule has 1 aromatic heterocycles. The number of carbonyl (C=O) groups excluding carboxylic acids is 1. The average Bonchev–Trinajstić information content (AvgIpc) is 2.58. The van der Waals surface area contributed by atoms with E-state index in [0.29, 0.717) is 23.1 Å². The highest BCUT2D eigenvalue weighted by Crippen LogP contribution is 2.23. The summed E-state index contributed by atoms with van der Waals surface area (Å²) in [5.41, 5.74) is 2.00. The first-order valence-electron chi connectivity index (χ1n) is 7.69. The van der Waals surface area contributed by atoms with E-state index in [2.05, 4.69) is 25.9 Å². The van der Waals surface area contributed by atoms with Crippen molar-refractivity contribution in [2.75, 3.05) is 16.0 Å². The first-order valence-corrected chi connectivity index (χ1v) is 8.07. The molecule has 0 radical (unpaired) electrons. The SMILES string of the molecule is CC(=O)Nc1cccc(Nc2ccnc(Nc3ccc(F)c(Cl)c3)n2)c1. The van der Waals surface area contributed by atoms with Crippen molar-refractivity contribution in [3.05, 3.63) is 65.6 Å². The molecule has 3 N–H and O–H groups in total. The zero-order valence-corrected chi connectivity index (χ0v) is 14.5. The van der Waals surface area contributed by atoms with Gasteiger partial charge in [0, 0.05) is 30.2 Å². The number of aromatic nitrogens is 2. The summed E-state index contributed by atoms with van der Waals surface area (Å²) < 4.78 is 13.2. The highest BCUT2D eigenvalue weighted by molar-refractivity contribution is 6.31. The van der Waals surface area contributed by atoms with Gasteiger partial charge in [0.1, 0.15) is 11.6 Å². The number of benzene rings is 2. The lowest BCUT2D eigenvalue weighted by molar-refractivity contribution is -0.114. The largest absolute Gasteiger partial charge is 0.340 e. The summed E-state index contributed by atoms with van der Waals surface area (Å²) in [6.07, 6.45) is 1.58. The summed E-state index contributed by atoms with van der Waals surface area (Å²) >= 11 is 5.77. The van der Waals surface area contributed by atoms with Crippen LogP contribution in [0.1, 0.15) is 6.92 Å². The predicted octanol–water partition coefficient (Wildman–Crippen LogP) is 4.71. The first kappa shape index (κ1) is 17.6.